The Kier molecular flexibility index (Phi) is 5.51. The molecule has 112 valence electrons. The minimum Gasteiger partial charge on any atom is -0.313 e. The highest BCUT2D eigenvalue weighted by Crippen LogP contribution is 2.10. The molecule has 6 heteroatoms. The number of sulfonamides is 1. The lowest BCUT2D eigenvalue weighted by molar-refractivity contribution is 0.579. The van der Waals surface area contributed by atoms with E-state index in [1.165, 1.54) is 5.57 Å². The normalized spacial score (nSPS) is 15.3. The molecular weight excluding hydrogens is 286 g/mol. The van der Waals surface area contributed by atoms with Gasteiger partial charge in [-0.25, -0.2) is 13.1 Å². The largest absolute Gasteiger partial charge is 0.313 e. The molecule has 0 radical (unpaired) electrons. The minimum absolute atomic E-state index is 0.0562. The zero-order chi connectivity index (χ0) is 15.1. The number of benzene rings is 1. The van der Waals surface area contributed by atoms with Crippen LogP contribution in [0, 0.1) is 11.3 Å². The van der Waals surface area contributed by atoms with Crippen LogP contribution in [0.1, 0.15) is 24.0 Å². The molecule has 0 aromatic heterocycles. The fraction of sp³-hybridized carbons (Fsp3) is 0.400. The first kappa shape index (κ1) is 15.7. The lowest BCUT2D eigenvalue weighted by Crippen LogP contribution is -2.27. The molecule has 0 atom stereocenters. The van der Waals surface area contributed by atoms with Gasteiger partial charge in [0.15, 0.2) is 0 Å². The second-order valence-electron chi connectivity index (χ2n) is 5.03. The van der Waals surface area contributed by atoms with Gasteiger partial charge in [-0.1, -0.05) is 23.8 Å². The molecule has 21 heavy (non-hydrogen) atoms. The summed E-state index contributed by atoms with van der Waals surface area (Å²) in [7, 11) is -3.33. The maximum atomic E-state index is 12.0. The molecule has 1 aliphatic rings. The number of hydrogen-bond donors (Lipinski definition) is 2. The molecule has 1 aliphatic heterocycles. The molecule has 2 N–H and O–H groups in total. The Labute approximate surface area is 125 Å². The van der Waals surface area contributed by atoms with Crippen molar-refractivity contribution < 1.29 is 8.42 Å². The van der Waals surface area contributed by atoms with Crippen molar-refractivity contribution in [3.8, 4) is 6.07 Å². The number of hydrogen-bond acceptors (Lipinski definition) is 4. The fourth-order valence-corrected chi connectivity index (χ4v) is 3.36. The van der Waals surface area contributed by atoms with Crippen molar-refractivity contribution >= 4 is 10.0 Å². The zero-order valence-electron chi connectivity index (χ0n) is 11.8. The van der Waals surface area contributed by atoms with E-state index in [2.05, 4.69) is 16.1 Å². The van der Waals surface area contributed by atoms with Crippen LogP contribution >= 0.6 is 0 Å². The first-order valence-electron chi connectivity index (χ1n) is 6.94. The third-order valence-electron chi connectivity index (χ3n) is 3.37. The van der Waals surface area contributed by atoms with Crippen LogP contribution in [0.4, 0.5) is 0 Å². The number of nitriles is 1. The fourth-order valence-electron chi connectivity index (χ4n) is 2.21. The summed E-state index contributed by atoms with van der Waals surface area (Å²) in [5, 5.41) is 11.9. The van der Waals surface area contributed by atoms with Crippen molar-refractivity contribution in [3.63, 3.8) is 0 Å². The smallest absolute Gasteiger partial charge is 0.215 e. The summed E-state index contributed by atoms with van der Waals surface area (Å²) in [6.45, 7) is 2.27. The molecule has 2 rings (SSSR count). The van der Waals surface area contributed by atoms with Gasteiger partial charge in [-0.3, -0.25) is 0 Å². The number of nitrogens with zero attached hydrogens (tertiary/aromatic N) is 1. The Hall–Kier alpha value is -1.68. The van der Waals surface area contributed by atoms with Crippen LogP contribution in [0.3, 0.4) is 0 Å². The average Bonchev–Trinajstić information content (AvgIpc) is 2.48. The summed E-state index contributed by atoms with van der Waals surface area (Å²) in [6, 6.07) is 8.62. The third kappa shape index (κ3) is 5.31. The second-order valence-corrected chi connectivity index (χ2v) is 6.84. The van der Waals surface area contributed by atoms with Crippen LogP contribution < -0.4 is 10.0 Å². The predicted octanol–water partition coefficient (Wildman–Crippen LogP) is 1.29. The Balaban J connectivity index is 1.83. The molecule has 0 amide bonds. The van der Waals surface area contributed by atoms with Gasteiger partial charge in [0, 0.05) is 13.1 Å². The van der Waals surface area contributed by atoms with Gasteiger partial charge in [0.1, 0.15) is 0 Å². The number of nitrogens with one attached hydrogen (secondary N) is 2. The van der Waals surface area contributed by atoms with Crippen LogP contribution in [-0.4, -0.2) is 28.1 Å². The summed E-state index contributed by atoms with van der Waals surface area (Å²) in [5.74, 6) is -0.0562. The first-order chi connectivity index (χ1) is 10.1. The minimum atomic E-state index is -3.33. The Bertz CT molecular complexity index is 642. The highest BCUT2D eigenvalue weighted by Gasteiger charge is 2.11. The van der Waals surface area contributed by atoms with E-state index in [0.29, 0.717) is 17.7 Å². The summed E-state index contributed by atoms with van der Waals surface area (Å²) in [5.41, 5.74) is 2.51. The van der Waals surface area contributed by atoms with Crippen molar-refractivity contribution in [1.82, 2.24) is 10.0 Å². The summed E-state index contributed by atoms with van der Waals surface area (Å²) in [6.07, 6.45) is 3.87. The van der Waals surface area contributed by atoms with Crippen molar-refractivity contribution in [3.05, 3.63) is 47.0 Å². The lowest BCUT2D eigenvalue weighted by atomic mass is 10.1. The Morgan fingerprint density at radius 3 is 2.67 bits per heavy atom. The molecule has 0 aliphatic carbocycles. The van der Waals surface area contributed by atoms with Gasteiger partial charge in [0.2, 0.25) is 10.0 Å². The van der Waals surface area contributed by atoms with E-state index in [4.69, 9.17) is 5.26 Å². The van der Waals surface area contributed by atoms with Gasteiger partial charge in [0.05, 0.1) is 17.4 Å². The van der Waals surface area contributed by atoms with Gasteiger partial charge >= 0.3 is 0 Å². The molecule has 1 heterocycles. The van der Waals surface area contributed by atoms with Crippen molar-refractivity contribution in [2.75, 3.05) is 19.6 Å². The van der Waals surface area contributed by atoms with E-state index < -0.39 is 10.0 Å². The van der Waals surface area contributed by atoms with E-state index in [9.17, 15) is 8.42 Å². The molecule has 1 aromatic carbocycles. The van der Waals surface area contributed by atoms with E-state index >= 15 is 0 Å². The molecule has 0 unspecified atom stereocenters. The number of rotatable bonds is 6. The average molecular weight is 305 g/mol. The monoisotopic (exact) mass is 305 g/mol. The van der Waals surface area contributed by atoms with E-state index in [0.717, 1.165) is 25.9 Å². The first-order valence-corrected chi connectivity index (χ1v) is 8.59. The molecule has 0 saturated heterocycles. The quantitative estimate of drug-likeness (QED) is 0.776. The van der Waals surface area contributed by atoms with E-state index in [-0.39, 0.29) is 5.75 Å². The highest BCUT2D eigenvalue weighted by atomic mass is 32.2. The Morgan fingerprint density at radius 1 is 1.29 bits per heavy atom. The van der Waals surface area contributed by atoms with E-state index in [1.807, 2.05) is 6.07 Å². The van der Waals surface area contributed by atoms with E-state index in [1.54, 1.807) is 24.3 Å². The molecule has 5 nitrogen and oxygen atoms in total. The van der Waals surface area contributed by atoms with Gasteiger partial charge in [-0.05, 0) is 37.1 Å². The summed E-state index contributed by atoms with van der Waals surface area (Å²) in [4.78, 5) is 0. The van der Waals surface area contributed by atoms with Crippen LogP contribution in [0.2, 0.25) is 0 Å². The molecular formula is C15H19N3O2S. The van der Waals surface area contributed by atoms with Crippen LogP contribution in [0.15, 0.2) is 35.9 Å². The van der Waals surface area contributed by atoms with Gasteiger partial charge in [0.25, 0.3) is 0 Å². The zero-order valence-corrected chi connectivity index (χ0v) is 12.6. The maximum absolute atomic E-state index is 12.0. The standard InChI is InChI=1S/C15H19N3O2S/c16-11-14-1-3-15(4-2-14)12-21(19,20)18-10-7-13-5-8-17-9-6-13/h1-5,17-18H,6-10,12H2. The van der Waals surface area contributed by atoms with Crippen LogP contribution in [0.25, 0.3) is 0 Å². The van der Waals surface area contributed by atoms with Crippen molar-refractivity contribution in [1.29, 1.82) is 5.26 Å². The lowest BCUT2D eigenvalue weighted by Gasteiger charge is -2.14. The van der Waals surface area contributed by atoms with Crippen LogP contribution in [-0.2, 0) is 15.8 Å². The third-order valence-corrected chi connectivity index (χ3v) is 4.72. The summed E-state index contributed by atoms with van der Waals surface area (Å²) < 4.78 is 26.6. The summed E-state index contributed by atoms with van der Waals surface area (Å²) >= 11 is 0. The maximum Gasteiger partial charge on any atom is 0.215 e. The van der Waals surface area contributed by atoms with Crippen LogP contribution in [0.5, 0.6) is 0 Å². The molecule has 1 aromatic rings. The highest BCUT2D eigenvalue weighted by molar-refractivity contribution is 7.88. The van der Waals surface area contributed by atoms with Crippen molar-refractivity contribution in [2.24, 2.45) is 0 Å². The molecule has 0 saturated carbocycles. The second kappa shape index (κ2) is 7.36. The topological polar surface area (TPSA) is 82.0 Å². The molecule has 0 bridgehead atoms. The predicted molar refractivity (Wildman–Crippen MR) is 82.0 cm³/mol. The van der Waals surface area contributed by atoms with Gasteiger partial charge in [-0.2, -0.15) is 5.26 Å². The Morgan fingerprint density at radius 2 is 2.05 bits per heavy atom. The molecule has 0 spiro atoms. The molecule has 0 fully saturated rings. The van der Waals surface area contributed by atoms with Gasteiger partial charge < -0.3 is 5.32 Å². The van der Waals surface area contributed by atoms with Crippen molar-refractivity contribution in [2.45, 2.75) is 18.6 Å². The van der Waals surface area contributed by atoms with Gasteiger partial charge in [-0.15, -0.1) is 0 Å². The SMILES string of the molecule is N#Cc1ccc(CS(=O)(=O)NCCC2=CCNCC2)cc1.